The highest BCUT2D eigenvalue weighted by molar-refractivity contribution is 8.00. The number of aliphatic imine (C=N–C) groups is 3. The fourth-order valence-electron chi connectivity index (χ4n) is 8.07. The molecule has 3 fully saturated rings. The molecule has 3 amide bonds. The molecule has 0 radical (unpaired) electrons. The highest BCUT2D eigenvalue weighted by Crippen LogP contribution is 2.31. The number of hydrogen-bond donors (Lipinski definition) is 4. The number of rotatable bonds is 4. The van der Waals surface area contributed by atoms with Gasteiger partial charge in [0.25, 0.3) is 5.69 Å². The van der Waals surface area contributed by atoms with Gasteiger partial charge in [0.15, 0.2) is 0 Å². The Morgan fingerprint density at radius 2 is 1.37 bits per heavy atom. The molecule has 4 N–H and O–H groups in total. The van der Waals surface area contributed by atoms with E-state index in [1.54, 1.807) is 62.2 Å². The van der Waals surface area contributed by atoms with E-state index in [4.69, 9.17) is 0 Å². The van der Waals surface area contributed by atoms with Crippen LogP contribution >= 0.6 is 11.8 Å². The van der Waals surface area contributed by atoms with Crippen molar-refractivity contribution in [1.82, 2.24) is 41.0 Å². The van der Waals surface area contributed by atoms with Gasteiger partial charge in [-0.2, -0.15) is 10.2 Å². The Morgan fingerprint density at radius 3 is 2.07 bits per heavy atom. The summed E-state index contributed by atoms with van der Waals surface area (Å²) < 4.78 is 0. The van der Waals surface area contributed by atoms with E-state index >= 15 is 0 Å². The number of nitrogens with one attached hydrogen (secondary N) is 4. The van der Waals surface area contributed by atoms with E-state index in [1.807, 2.05) is 48.5 Å². The summed E-state index contributed by atoms with van der Waals surface area (Å²) in [7, 11) is 1.86. The molecule has 59 heavy (non-hydrogen) atoms. The highest BCUT2D eigenvalue weighted by atomic mass is 32.2. The van der Waals surface area contributed by atoms with E-state index in [2.05, 4.69) is 46.4 Å². The predicted molar refractivity (Wildman–Crippen MR) is 221 cm³/mol. The number of carbonyl (C=O) groups excluding carboxylic acids is 3. The van der Waals surface area contributed by atoms with Crippen molar-refractivity contribution in [2.45, 2.75) is 41.5 Å². The van der Waals surface area contributed by atoms with Crippen LogP contribution in [0, 0.1) is 27.9 Å². The van der Waals surface area contributed by atoms with Gasteiger partial charge in [0.05, 0.1) is 23.1 Å². The SMILES string of the molecule is CN1N=CC2C(=O)N3CCCN=C3NC21.O=C1C2C=CNC2NC2=NCC(Sc3ccc([N+](=O)[O-])cc3)CN12.O=C1C2C=NN(c3ccccc3)C2NC2=NCCCN12. The number of carbonyl (C=O) groups is 3. The molecule has 11 rings (SSSR count). The number of hydrogen-bond acceptors (Lipinski definition) is 17. The van der Waals surface area contributed by atoms with Crippen molar-refractivity contribution in [3.05, 3.63) is 77.0 Å². The number of nitrogens with zero attached hydrogens (tertiary/aromatic N) is 11. The number of nitro groups is 1. The second-order valence-corrected chi connectivity index (χ2v) is 16.3. The van der Waals surface area contributed by atoms with E-state index in [0.717, 1.165) is 49.6 Å². The number of fused-ring (bicyclic) bond motifs is 6. The average molecular weight is 822 g/mol. The molecular weight excluding hydrogens is 779 g/mol. The first kappa shape index (κ1) is 38.0. The molecule has 2 aromatic rings. The summed E-state index contributed by atoms with van der Waals surface area (Å²) in [4.78, 5) is 66.8. The van der Waals surface area contributed by atoms with Crippen LogP contribution in [-0.2, 0) is 14.4 Å². The van der Waals surface area contributed by atoms with Gasteiger partial charge in [0.1, 0.15) is 30.3 Å². The van der Waals surface area contributed by atoms with Gasteiger partial charge in [0, 0.05) is 74.5 Å². The Bertz CT molecular complexity index is 2180. The maximum atomic E-state index is 12.6. The number of nitro benzene ring substituents is 1. The van der Waals surface area contributed by atoms with Crippen LogP contribution in [-0.4, -0.2) is 143 Å². The summed E-state index contributed by atoms with van der Waals surface area (Å²) in [5, 5.41) is 36.0. The van der Waals surface area contributed by atoms with Crippen LogP contribution in [0.5, 0.6) is 0 Å². The lowest BCUT2D eigenvalue weighted by molar-refractivity contribution is -0.384. The Morgan fingerprint density at radius 1 is 0.746 bits per heavy atom. The maximum absolute atomic E-state index is 12.6. The van der Waals surface area contributed by atoms with Gasteiger partial charge in [-0.05, 0) is 43.3 Å². The lowest BCUT2D eigenvalue weighted by atomic mass is 10.0. The van der Waals surface area contributed by atoms with E-state index in [0.29, 0.717) is 31.0 Å². The molecule has 0 saturated carbocycles. The van der Waals surface area contributed by atoms with Crippen LogP contribution in [0.25, 0.3) is 0 Å². The first-order chi connectivity index (χ1) is 28.7. The van der Waals surface area contributed by atoms with Crippen molar-refractivity contribution in [3.8, 4) is 0 Å². The predicted octanol–water partition coefficient (Wildman–Crippen LogP) is 0.594. The number of benzene rings is 2. The molecule has 21 heteroatoms. The number of non-ortho nitro benzene ring substituents is 1. The summed E-state index contributed by atoms with van der Waals surface area (Å²) in [5.74, 6) is 1.68. The second-order valence-electron chi connectivity index (χ2n) is 14.9. The molecule has 0 aliphatic carbocycles. The zero-order valence-corrected chi connectivity index (χ0v) is 32.9. The molecule has 306 valence electrons. The molecular formula is C38H43N15O5S. The fraction of sp³-hybridized carbons (Fsp3) is 0.421. The van der Waals surface area contributed by atoms with Gasteiger partial charge < -0.3 is 21.3 Å². The summed E-state index contributed by atoms with van der Waals surface area (Å²) >= 11 is 1.58. The van der Waals surface area contributed by atoms with Crippen molar-refractivity contribution in [2.24, 2.45) is 42.9 Å². The lowest BCUT2D eigenvalue weighted by Crippen LogP contribution is -2.64. The van der Waals surface area contributed by atoms with Gasteiger partial charge in [0.2, 0.25) is 35.6 Å². The van der Waals surface area contributed by atoms with Crippen LogP contribution in [0.15, 0.2) is 96.9 Å². The van der Waals surface area contributed by atoms with Crippen molar-refractivity contribution in [3.63, 3.8) is 0 Å². The van der Waals surface area contributed by atoms with E-state index in [-0.39, 0.29) is 64.9 Å². The van der Waals surface area contributed by atoms with Gasteiger partial charge in [-0.1, -0.05) is 24.3 Å². The normalized spacial score (nSPS) is 29.2. The molecule has 9 aliphatic heterocycles. The van der Waals surface area contributed by atoms with E-state index in [1.165, 1.54) is 12.1 Å². The third-order valence-electron chi connectivity index (χ3n) is 11.1. The average Bonchev–Trinajstić information content (AvgIpc) is 4.02. The van der Waals surface area contributed by atoms with Crippen molar-refractivity contribution >= 4 is 71.2 Å². The smallest absolute Gasteiger partial charge is 0.269 e. The Balaban J connectivity index is 0.000000117. The number of anilines is 1. The summed E-state index contributed by atoms with van der Waals surface area (Å²) in [6, 6.07) is 16.3. The molecule has 0 bridgehead atoms. The molecule has 20 nitrogen and oxygen atoms in total. The molecule has 2 aromatic carbocycles. The van der Waals surface area contributed by atoms with Crippen molar-refractivity contribution < 1.29 is 19.3 Å². The molecule has 3 saturated heterocycles. The van der Waals surface area contributed by atoms with Crippen LogP contribution < -0.4 is 26.3 Å². The van der Waals surface area contributed by atoms with Crippen LogP contribution in [0.2, 0.25) is 0 Å². The lowest BCUT2D eigenvalue weighted by Gasteiger charge is -2.40. The molecule has 7 unspecified atom stereocenters. The monoisotopic (exact) mass is 821 g/mol. The molecule has 0 aromatic heterocycles. The second kappa shape index (κ2) is 16.0. The molecule has 7 atom stereocenters. The highest BCUT2D eigenvalue weighted by Gasteiger charge is 2.47. The third-order valence-corrected chi connectivity index (χ3v) is 12.3. The summed E-state index contributed by atoms with van der Waals surface area (Å²) in [6.07, 6.45) is 8.65. The maximum Gasteiger partial charge on any atom is 0.269 e. The number of hydrazone groups is 2. The van der Waals surface area contributed by atoms with Gasteiger partial charge in [-0.3, -0.25) is 59.2 Å². The number of amides is 3. The number of thioether (sulfide) groups is 1. The minimum Gasteiger partial charge on any atom is -0.371 e. The van der Waals surface area contributed by atoms with Gasteiger partial charge in [-0.25, -0.2) is 5.01 Å². The third kappa shape index (κ3) is 7.41. The van der Waals surface area contributed by atoms with Gasteiger partial charge in [-0.15, -0.1) is 11.8 Å². The minimum atomic E-state index is -0.413. The number of guanidine groups is 3. The first-order valence-electron chi connectivity index (χ1n) is 19.6. The molecule has 9 aliphatic rings. The Hall–Kier alpha value is -6.51. The minimum absolute atomic E-state index is 0.0488. The van der Waals surface area contributed by atoms with Crippen molar-refractivity contribution in [2.75, 3.05) is 51.3 Å². The Kier molecular flexibility index (Phi) is 10.3. The van der Waals surface area contributed by atoms with E-state index in [9.17, 15) is 24.5 Å². The standard InChI is InChI=1S/C15H15N5O3S.C14H15N5O.C9H13N5O/c21-14-12-5-6-16-13(12)18-15-17-7-11(8-19(14)15)24-10-3-1-9(2-4-10)20(22)23;20-13-11-9-16-19(10-5-2-1-3-6-10)12(11)17-14-15-7-4-8-18(13)14;1-13-7-6(5-11-13)8(15)14-4-2-3-10-9(14)12-7/h1-6,11-13,16H,7-8H2,(H,17,18);1-3,5-6,9,11-12H,4,7-8H2,(H,15,17);5-7H,2-4H2,1H3,(H,10,12). The molecule has 9 heterocycles. The quantitative estimate of drug-likeness (QED) is 0.246. The fourth-order valence-corrected chi connectivity index (χ4v) is 9.12. The Labute approximate surface area is 343 Å². The zero-order valence-electron chi connectivity index (χ0n) is 32.1. The summed E-state index contributed by atoms with van der Waals surface area (Å²) in [6.45, 7) is 4.25. The van der Waals surface area contributed by atoms with Crippen LogP contribution in [0.3, 0.4) is 0 Å². The van der Waals surface area contributed by atoms with Crippen LogP contribution in [0.4, 0.5) is 11.4 Å². The van der Waals surface area contributed by atoms with Crippen molar-refractivity contribution in [1.29, 1.82) is 0 Å². The van der Waals surface area contributed by atoms with Gasteiger partial charge >= 0.3 is 0 Å². The zero-order chi connectivity index (χ0) is 40.6. The summed E-state index contributed by atoms with van der Waals surface area (Å²) in [5.41, 5.74) is 1.05. The largest absolute Gasteiger partial charge is 0.371 e. The topological polar surface area (TPSA) is 220 Å². The first-order valence-corrected chi connectivity index (χ1v) is 20.5. The van der Waals surface area contributed by atoms with E-state index < -0.39 is 4.92 Å². The van der Waals surface area contributed by atoms with Crippen LogP contribution in [0.1, 0.15) is 12.8 Å². The number of para-hydroxylation sites is 1. The molecule has 0 spiro atoms.